The van der Waals surface area contributed by atoms with Crippen LogP contribution in [0.5, 0.6) is 0 Å². The van der Waals surface area contributed by atoms with Crippen LogP contribution in [-0.4, -0.2) is 27.9 Å². The zero-order chi connectivity index (χ0) is 13.2. The number of aliphatic hydroxyl groups is 1. The third-order valence-electron chi connectivity index (χ3n) is 3.17. The van der Waals surface area contributed by atoms with Gasteiger partial charge in [0.25, 0.3) is 0 Å². The van der Waals surface area contributed by atoms with Gasteiger partial charge in [0, 0.05) is 17.4 Å². The van der Waals surface area contributed by atoms with Crippen molar-refractivity contribution in [2.24, 2.45) is 0 Å². The minimum absolute atomic E-state index is 0.0267. The maximum atomic E-state index is 9.47. The van der Waals surface area contributed by atoms with E-state index in [1.807, 2.05) is 24.3 Å². The minimum Gasteiger partial charge on any atom is -0.392 e. The minimum atomic E-state index is -0.327. The summed E-state index contributed by atoms with van der Waals surface area (Å²) in [5, 5.41) is 16.6. The highest BCUT2D eigenvalue weighted by Crippen LogP contribution is 2.22. The Labute approximate surface area is 119 Å². The van der Waals surface area contributed by atoms with Crippen molar-refractivity contribution >= 4 is 15.9 Å². The van der Waals surface area contributed by atoms with Crippen LogP contribution in [0.3, 0.4) is 0 Å². The maximum absolute atomic E-state index is 9.47. The average Bonchev–Trinajstić information content (AvgIpc) is 3.01. The highest BCUT2D eigenvalue weighted by Gasteiger charge is 2.27. The number of rotatable bonds is 3. The van der Waals surface area contributed by atoms with Crippen LogP contribution in [0.15, 0.2) is 33.3 Å². The van der Waals surface area contributed by atoms with Gasteiger partial charge in [-0.25, -0.2) is 0 Å². The predicted octanol–water partition coefficient (Wildman–Crippen LogP) is 1.82. The predicted molar refractivity (Wildman–Crippen MR) is 72.6 cm³/mol. The summed E-state index contributed by atoms with van der Waals surface area (Å²) in [6.45, 7) is 0.578. The molecule has 1 aromatic heterocycles. The fourth-order valence-electron chi connectivity index (χ4n) is 2.17. The molecule has 2 heterocycles. The van der Waals surface area contributed by atoms with Crippen LogP contribution in [0, 0.1) is 0 Å². The second kappa shape index (κ2) is 5.40. The van der Waals surface area contributed by atoms with Gasteiger partial charge in [-0.1, -0.05) is 33.2 Å². The van der Waals surface area contributed by atoms with E-state index >= 15 is 0 Å². The lowest BCUT2D eigenvalue weighted by molar-refractivity contribution is 0.191. The van der Waals surface area contributed by atoms with Crippen molar-refractivity contribution in [3.63, 3.8) is 0 Å². The molecule has 0 spiro atoms. The highest BCUT2D eigenvalue weighted by atomic mass is 79.9. The Balaban J connectivity index is 1.69. The summed E-state index contributed by atoms with van der Waals surface area (Å²) >= 11 is 3.40. The Morgan fingerprint density at radius 2 is 2.16 bits per heavy atom. The first-order valence-electron chi connectivity index (χ1n) is 6.19. The molecule has 1 aliphatic heterocycles. The largest absolute Gasteiger partial charge is 0.392 e. The molecule has 2 atom stereocenters. The van der Waals surface area contributed by atoms with Gasteiger partial charge in [-0.3, -0.25) is 0 Å². The molecular weight excluding hydrogens is 310 g/mol. The first-order chi connectivity index (χ1) is 9.20. The molecule has 0 saturated carbocycles. The molecule has 2 aromatic rings. The summed E-state index contributed by atoms with van der Waals surface area (Å²) in [6, 6.07) is 8.01. The number of hydrogen-bond donors (Lipinski definition) is 2. The molecule has 3 rings (SSSR count). The number of hydrogen-bond acceptors (Lipinski definition) is 5. The van der Waals surface area contributed by atoms with Gasteiger partial charge in [-0.05, 0) is 24.1 Å². The molecule has 6 heteroatoms. The number of aromatic nitrogens is 2. The van der Waals surface area contributed by atoms with Crippen LogP contribution >= 0.6 is 15.9 Å². The van der Waals surface area contributed by atoms with Crippen molar-refractivity contribution in [1.82, 2.24) is 15.5 Å². The van der Waals surface area contributed by atoms with Gasteiger partial charge in [0.2, 0.25) is 5.89 Å². The van der Waals surface area contributed by atoms with Crippen LogP contribution in [0.2, 0.25) is 0 Å². The van der Waals surface area contributed by atoms with Crippen molar-refractivity contribution in [1.29, 1.82) is 0 Å². The van der Waals surface area contributed by atoms with Crippen LogP contribution in [-0.2, 0) is 6.42 Å². The SMILES string of the molecule is OC1CNC(c2nc(Cc3ccc(Br)cc3)no2)C1. The zero-order valence-electron chi connectivity index (χ0n) is 10.2. The van der Waals surface area contributed by atoms with Gasteiger partial charge in [-0.15, -0.1) is 0 Å². The number of nitrogens with zero attached hydrogens (tertiary/aromatic N) is 2. The normalized spacial score (nSPS) is 22.8. The smallest absolute Gasteiger partial charge is 0.243 e. The van der Waals surface area contributed by atoms with Gasteiger partial charge in [0.1, 0.15) is 0 Å². The van der Waals surface area contributed by atoms with E-state index in [0.717, 1.165) is 10.0 Å². The van der Waals surface area contributed by atoms with E-state index in [9.17, 15) is 5.11 Å². The fourth-order valence-corrected chi connectivity index (χ4v) is 2.44. The molecule has 1 fully saturated rings. The molecule has 5 nitrogen and oxygen atoms in total. The number of aliphatic hydroxyl groups excluding tert-OH is 1. The van der Waals surface area contributed by atoms with Crippen molar-refractivity contribution < 1.29 is 9.63 Å². The molecule has 0 bridgehead atoms. The summed E-state index contributed by atoms with van der Waals surface area (Å²) in [6.07, 6.45) is 0.943. The number of β-amino-alcohol motifs (C(OH)–C–C–N with tert-alkyl or cyclic N) is 1. The topological polar surface area (TPSA) is 71.2 Å². The summed E-state index contributed by atoms with van der Waals surface area (Å²) in [4.78, 5) is 4.38. The molecule has 19 heavy (non-hydrogen) atoms. The molecule has 1 aromatic carbocycles. The quantitative estimate of drug-likeness (QED) is 0.901. The molecule has 0 radical (unpaired) electrons. The number of halogens is 1. The summed E-state index contributed by atoms with van der Waals surface area (Å²) in [5.74, 6) is 1.23. The van der Waals surface area contributed by atoms with Gasteiger partial charge in [0.15, 0.2) is 5.82 Å². The molecule has 2 unspecified atom stereocenters. The van der Waals surface area contributed by atoms with E-state index in [2.05, 4.69) is 31.4 Å². The van der Waals surface area contributed by atoms with Crippen molar-refractivity contribution in [2.75, 3.05) is 6.54 Å². The molecule has 0 amide bonds. The van der Waals surface area contributed by atoms with Crippen molar-refractivity contribution in [3.8, 4) is 0 Å². The molecular formula is C13H14BrN3O2. The molecule has 0 aliphatic carbocycles. The van der Waals surface area contributed by atoms with E-state index in [1.54, 1.807) is 0 Å². The molecule has 2 N–H and O–H groups in total. The van der Waals surface area contributed by atoms with E-state index in [-0.39, 0.29) is 12.1 Å². The van der Waals surface area contributed by atoms with Crippen LogP contribution < -0.4 is 5.32 Å². The summed E-state index contributed by atoms with van der Waals surface area (Å²) < 4.78 is 6.30. The molecule has 1 saturated heterocycles. The van der Waals surface area contributed by atoms with E-state index in [4.69, 9.17) is 4.52 Å². The van der Waals surface area contributed by atoms with Crippen LogP contribution in [0.25, 0.3) is 0 Å². The Morgan fingerprint density at radius 3 is 2.84 bits per heavy atom. The Kier molecular flexibility index (Phi) is 3.63. The number of benzene rings is 1. The van der Waals surface area contributed by atoms with Crippen LogP contribution in [0.1, 0.15) is 29.7 Å². The Morgan fingerprint density at radius 1 is 1.37 bits per heavy atom. The highest BCUT2D eigenvalue weighted by molar-refractivity contribution is 9.10. The Hall–Kier alpha value is -1.24. The third kappa shape index (κ3) is 3.02. The average molecular weight is 324 g/mol. The first kappa shape index (κ1) is 12.8. The Bertz CT molecular complexity index is 555. The van der Waals surface area contributed by atoms with Gasteiger partial charge >= 0.3 is 0 Å². The van der Waals surface area contributed by atoms with Gasteiger partial charge in [0.05, 0.1) is 12.1 Å². The summed E-state index contributed by atoms with van der Waals surface area (Å²) in [5.41, 5.74) is 1.13. The van der Waals surface area contributed by atoms with Crippen molar-refractivity contribution in [3.05, 3.63) is 46.0 Å². The van der Waals surface area contributed by atoms with E-state index in [1.165, 1.54) is 0 Å². The lowest BCUT2D eigenvalue weighted by Gasteiger charge is -2.01. The maximum Gasteiger partial charge on any atom is 0.243 e. The lowest BCUT2D eigenvalue weighted by atomic mass is 10.1. The molecule has 100 valence electrons. The third-order valence-corrected chi connectivity index (χ3v) is 3.69. The lowest BCUT2D eigenvalue weighted by Crippen LogP contribution is -2.15. The van der Waals surface area contributed by atoms with Crippen molar-refractivity contribution in [2.45, 2.75) is 25.0 Å². The van der Waals surface area contributed by atoms with E-state index in [0.29, 0.717) is 31.1 Å². The number of nitrogens with one attached hydrogen (secondary N) is 1. The van der Waals surface area contributed by atoms with E-state index < -0.39 is 0 Å². The first-order valence-corrected chi connectivity index (χ1v) is 6.98. The van der Waals surface area contributed by atoms with Gasteiger partial charge < -0.3 is 14.9 Å². The zero-order valence-corrected chi connectivity index (χ0v) is 11.8. The second-order valence-electron chi connectivity index (χ2n) is 4.70. The standard InChI is InChI=1S/C13H14BrN3O2/c14-9-3-1-8(2-4-9)5-12-16-13(19-17-12)11-6-10(18)7-15-11/h1-4,10-11,15,18H,5-7H2. The molecule has 1 aliphatic rings. The fraction of sp³-hybridized carbons (Fsp3) is 0.385. The summed E-state index contributed by atoms with van der Waals surface area (Å²) in [7, 11) is 0. The van der Waals surface area contributed by atoms with Gasteiger partial charge in [-0.2, -0.15) is 4.98 Å². The monoisotopic (exact) mass is 323 g/mol. The second-order valence-corrected chi connectivity index (χ2v) is 5.62. The van der Waals surface area contributed by atoms with Crippen LogP contribution in [0.4, 0.5) is 0 Å².